The Kier molecular flexibility index (Phi) is 10.1. The highest BCUT2D eigenvalue weighted by molar-refractivity contribution is 7.52. The number of nitrogens with one attached hydrogen (secondary N) is 2. The lowest BCUT2D eigenvalue weighted by molar-refractivity contribution is -0.143. The predicted octanol–water partition coefficient (Wildman–Crippen LogP) is 3.46. The van der Waals surface area contributed by atoms with E-state index >= 15 is 0 Å². The van der Waals surface area contributed by atoms with E-state index in [2.05, 4.69) is 25.0 Å². The van der Waals surface area contributed by atoms with Gasteiger partial charge in [-0.1, -0.05) is 50.2 Å². The van der Waals surface area contributed by atoms with E-state index in [1.165, 1.54) is 24.3 Å². The maximum Gasteiger partial charge on any atom is 0.459 e. The van der Waals surface area contributed by atoms with Gasteiger partial charge in [-0.3, -0.25) is 23.7 Å². The number of imidazole rings is 1. The van der Waals surface area contributed by atoms with Crippen LogP contribution in [0.3, 0.4) is 0 Å². The first-order valence-corrected chi connectivity index (χ1v) is 14.7. The van der Waals surface area contributed by atoms with Gasteiger partial charge in [-0.25, -0.2) is 14.5 Å². The first-order chi connectivity index (χ1) is 20.1. The smallest absolute Gasteiger partial charge is 0.459 e. The second kappa shape index (κ2) is 13.7. The highest BCUT2D eigenvalue weighted by Gasteiger charge is 2.36. The van der Waals surface area contributed by atoms with Gasteiger partial charge in [0.05, 0.1) is 33.0 Å². The molecule has 42 heavy (non-hydrogen) atoms. The van der Waals surface area contributed by atoms with E-state index in [1.54, 1.807) is 45.0 Å². The second-order valence-electron chi connectivity index (χ2n) is 9.79. The van der Waals surface area contributed by atoms with Gasteiger partial charge in [0.15, 0.2) is 11.2 Å². The van der Waals surface area contributed by atoms with Crippen LogP contribution in [0.25, 0.3) is 21.9 Å². The largest absolute Gasteiger partial charge is 0.468 e. The predicted molar refractivity (Wildman–Crippen MR) is 158 cm³/mol. The second-order valence-corrected chi connectivity index (χ2v) is 11.5. The average Bonchev–Trinajstić information content (AvgIpc) is 3.37. The van der Waals surface area contributed by atoms with Crippen molar-refractivity contribution >= 4 is 47.9 Å². The lowest BCUT2D eigenvalue weighted by Crippen LogP contribution is -2.41. The standard InChI is InChI=1S/C27H34N7O7P/c1-18(2)22(26(36)38-5)32-42(37,41-21-12-8-10-19-9-6-7-11-20(19)21)40-14-13-39-17-34-16-28-23-24(34)30-27(31-25(23)35)29-15-33(3)4/h6-12,15-16,18,22H,13-14,17H2,1-5H3,(H,32,37)(H,30,31,35)/b29-15+/t22-,42?/m0/s1. The number of hydrogen-bond acceptors (Lipinski definition) is 10. The summed E-state index contributed by atoms with van der Waals surface area (Å²) in [5.41, 5.74) is -0.00988. The van der Waals surface area contributed by atoms with Crippen molar-refractivity contribution in [2.45, 2.75) is 26.6 Å². The molecule has 224 valence electrons. The van der Waals surface area contributed by atoms with Crippen LogP contribution in [0, 0.1) is 5.92 Å². The van der Waals surface area contributed by atoms with Crippen LogP contribution in [0.1, 0.15) is 13.8 Å². The van der Waals surface area contributed by atoms with Crippen molar-refractivity contribution in [1.29, 1.82) is 0 Å². The molecule has 2 N–H and O–H groups in total. The van der Waals surface area contributed by atoms with Gasteiger partial charge in [-0.15, -0.1) is 0 Å². The average molecular weight is 600 g/mol. The van der Waals surface area contributed by atoms with E-state index in [1.807, 2.05) is 30.3 Å². The topological polar surface area (TPSA) is 162 Å². The van der Waals surface area contributed by atoms with Gasteiger partial charge in [0.25, 0.3) is 5.56 Å². The van der Waals surface area contributed by atoms with Gasteiger partial charge in [-0.05, 0) is 17.4 Å². The Balaban J connectivity index is 1.47. The van der Waals surface area contributed by atoms with Crippen molar-refractivity contribution in [3.63, 3.8) is 0 Å². The number of benzene rings is 2. The minimum Gasteiger partial charge on any atom is -0.468 e. The van der Waals surface area contributed by atoms with E-state index in [0.29, 0.717) is 5.75 Å². The van der Waals surface area contributed by atoms with Crippen LogP contribution in [-0.4, -0.2) is 77.2 Å². The number of aromatic nitrogens is 4. The molecule has 15 heteroatoms. The number of fused-ring (bicyclic) bond motifs is 2. The van der Waals surface area contributed by atoms with E-state index in [-0.39, 0.29) is 43.0 Å². The molecule has 2 heterocycles. The number of H-pyrrole nitrogens is 1. The number of hydrogen-bond donors (Lipinski definition) is 2. The zero-order valence-electron chi connectivity index (χ0n) is 24.0. The highest BCUT2D eigenvalue weighted by atomic mass is 31.2. The molecule has 4 rings (SSSR count). The van der Waals surface area contributed by atoms with Crippen LogP contribution in [-0.2, 0) is 30.1 Å². The number of carbonyl (C=O) groups is 1. The van der Waals surface area contributed by atoms with Gasteiger partial charge < -0.3 is 18.9 Å². The van der Waals surface area contributed by atoms with Crippen LogP contribution in [0.15, 0.2) is 58.6 Å². The Bertz CT molecular complexity index is 1660. The van der Waals surface area contributed by atoms with Crippen molar-refractivity contribution < 1.29 is 27.9 Å². The first-order valence-electron chi connectivity index (χ1n) is 13.1. The molecule has 1 unspecified atom stereocenters. The third-order valence-electron chi connectivity index (χ3n) is 5.98. The maximum atomic E-state index is 14.0. The molecule has 0 aliphatic heterocycles. The number of aliphatic imine (C=N–C) groups is 1. The zero-order chi connectivity index (χ0) is 30.3. The number of ether oxygens (including phenoxy) is 2. The quantitative estimate of drug-likeness (QED) is 0.0718. The Morgan fingerprint density at radius 2 is 1.95 bits per heavy atom. The molecule has 0 aliphatic carbocycles. The summed E-state index contributed by atoms with van der Waals surface area (Å²) in [6, 6.07) is 11.9. The van der Waals surface area contributed by atoms with Crippen molar-refractivity contribution in [3.05, 3.63) is 59.1 Å². The number of carbonyl (C=O) groups excluding carboxylic acids is 1. The minimum atomic E-state index is -4.12. The lowest BCUT2D eigenvalue weighted by atomic mass is 10.1. The van der Waals surface area contributed by atoms with Gasteiger partial charge in [0, 0.05) is 19.5 Å². The minimum absolute atomic E-state index is 0.0103. The normalized spacial score (nSPS) is 14.0. The highest BCUT2D eigenvalue weighted by Crippen LogP contribution is 2.47. The molecule has 0 aliphatic rings. The molecular formula is C27H34N7O7P. The number of nitrogens with zero attached hydrogens (tertiary/aromatic N) is 5. The third kappa shape index (κ3) is 7.59. The molecule has 0 radical (unpaired) electrons. The number of aromatic amines is 1. The first kappa shape index (κ1) is 30.8. The Hall–Kier alpha value is -4.10. The van der Waals surface area contributed by atoms with Crippen molar-refractivity contribution in [2.75, 3.05) is 34.4 Å². The molecule has 4 aromatic rings. The van der Waals surface area contributed by atoms with Gasteiger partial charge in [-0.2, -0.15) is 10.1 Å². The molecule has 14 nitrogen and oxygen atoms in total. The van der Waals surface area contributed by atoms with Crippen molar-refractivity contribution in [2.24, 2.45) is 10.9 Å². The summed E-state index contributed by atoms with van der Waals surface area (Å²) in [7, 11) is 0.720. The molecule has 0 spiro atoms. The fraction of sp³-hybridized carbons (Fsp3) is 0.370. The summed E-state index contributed by atoms with van der Waals surface area (Å²) in [5.74, 6) is -0.436. The Labute approximate surface area is 242 Å². The number of rotatable bonds is 14. The van der Waals surface area contributed by atoms with Gasteiger partial charge in [0.2, 0.25) is 5.95 Å². The molecule has 0 saturated heterocycles. The van der Waals surface area contributed by atoms with Crippen molar-refractivity contribution in [1.82, 2.24) is 29.5 Å². The summed E-state index contributed by atoms with van der Waals surface area (Å²) >= 11 is 0. The van der Waals surface area contributed by atoms with E-state index in [0.717, 1.165) is 10.8 Å². The van der Waals surface area contributed by atoms with E-state index in [4.69, 9.17) is 18.5 Å². The monoisotopic (exact) mass is 599 g/mol. The Morgan fingerprint density at radius 3 is 2.69 bits per heavy atom. The molecule has 2 atom stereocenters. The van der Waals surface area contributed by atoms with Crippen LogP contribution in [0.4, 0.5) is 5.95 Å². The molecule has 0 fully saturated rings. The van der Waals surface area contributed by atoms with E-state index in [9.17, 15) is 14.2 Å². The third-order valence-corrected chi connectivity index (χ3v) is 7.53. The van der Waals surface area contributed by atoms with Crippen LogP contribution in [0.5, 0.6) is 5.75 Å². The summed E-state index contributed by atoms with van der Waals surface area (Å²) in [6.07, 6.45) is 2.93. The van der Waals surface area contributed by atoms with Crippen molar-refractivity contribution in [3.8, 4) is 5.75 Å². The fourth-order valence-electron chi connectivity index (χ4n) is 3.91. The summed E-state index contributed by atoms with van der Waals surface area (Å²) in [4.78, 5) is 41.7. The fourth-order valence-corrected chi connectivity index (χ4v) is 5.57. The Morgan fingerprint density at radius 1 is 1.19 bits per heavy atom. The number of methoxy groups -OCH3 is 1. The molecular weight excluding hydrogens is 565 g/mol. The maximum absolute atomic E-state index is 14.0. The zero-order valence-corrected chi connectivity index (χ0v) is 24.9. The molecule has 2 aromatic heterocycles. The molecule has 0 saturated carbocycles. The summed E-state index contributed by atoms with van der Waals surface area (Å²) < 4.78 is 37.8. The van der Waals surface area contributed by atoms with Gasteiger partial charge >= 0.3 is 13.7 Å². The summed E-state index contributed by atoms with van der Waals surface area (Å²) in [6.45, 7) is 3.38. The lowest BCUT2D eigenvalue weighted by Gasteiger charge is -2.26. The summed E-state index contributed by atoms with van der Waals surface area (Å²) in [5, 5.41) is 4.37. The van der Waals surface area contributed by atoms with Crippen LogP contribution < -0.4 is 15.2 Å². The van der Waals surface area contributed by atoms with Crippen LogP contribution in [0.2, 0.25) is 0 Å². The molecule has 2 aromatic carbocycles. The van der Waals surface area contributed by atoms with Gasteiger partial charge in [0.1, 0.15) is 18.5 Å². The molecule has 0 bridgehead atoms. The number of esters is 1. The molecule has 0 amide bonds. The van der Waals surface area contributed by atoms with Crippen LogP contribution >= 0.6 is 7.75 Å². The SMILES string of the molecule is COC(=O)[C@@H](NP(=O)(OCCOCn1cnc2c(=O)[nH]c(/N=C/N(C)C)nc21)Oc1cccc2ccccc12)C(C)C. The van der Waals surface area contributed by atoms with E-state index < -0.39 is 25.3 Å².